The van der Waals surface area contributed by atoms with Crippen molar-refractivity contribution in [3.05, 3.63) is 59.2 Å². The predicted molar refractivity (Wildman–Crippen MR) is 128 cm³/mol. The minimum Gasteiger partial charge on any atom is -0.392 e. The summed E-state index contributed by atoms with van der Waals surface area (Å²) in [6, 6.07) is 8.26. The number of allylic oxidation sites excluding steroid dienone is 2. The van der Waals surface area contributed by atoms with Gasteiger partial charge in [0.1, 0.15) is 0 Å². The number of rotatable bonds is 9. The molecule has 1 saturated carbocycles. The summed E-state index contributed by atoms with van der Waals surface area (Å²) in [5.41, 5.74) is 3.84. The molecule has 0 unspecified atom stereocenters. The summed E-state index contributed by atoms with van der Waals surface area (Å²) in [7, 11) is 0. The number of nitrogens with zero attached hydrogens (tertiary/aromatic N) is 1. The number of likely N-dealkylation sites (tertiary alicyclic amines) is 1. The highest BCUT2D eigenvalue weighted by molar-refractivity contribution is 5.76. The lowest BCUT2D eigenvalue weighted by Crippen LogP contribution is -2.27. The molecule has 2 fully saturated rings. The van der Waals surface area contributed by atoms with Gasteiger partial charge in [-0.2, -0.15) is 0 Å². The molecule has 1 aromatic rings. The van der Waals surface area contributed by atoms with Gasteiger partial charge >= 0.3 is 0 Å². The number of unbranched alkanes of at least 4 members (excludes halogenated alkanes) is 1. The highest BCUT2D eigenvalue weighted by Crippen LogP contribution is 2.48. The van der Waals surface area contributed by atoms with Crippen LogP contribution >= 0.6 is 0 Å². The summed E-state index contributed by atoms with van der Waals surface area (Å²) in [5, 5.41) is 21.1. The van der Waals surface area contributed by atoms with Crippen LogP contribution in [-0.4, -0.2) is 46.3 Å². The number of aryl methyl sites for hydroxylation is 1. The number of fused-ring (bicyclic) bond motifs is 1. The van der Waals surface area contributed by atoms with Gasteiger partial charge in [-0.25, -0.2) is 0 Å². The van der Waals surface area contributed by atoms with Gasteiger partial charge < -0.3 is 15.1 Å². The molecule has 1 aliphatic heterocycles. The van der Waals surface area contributed by atoms with Crippen LogP contribution in [0.5, 0.6) is 0 Å². The molecular formula is C28H39NO3. The van der Waals surface area contributed by atoms with E-state index in [1.165, 1.54) is 11.1 Å². The van der Waals surface area contributed by atoms with E-state index < -0.39 is 6.10 Å². The number of carbonyl (C=O) groups excluding carboxylic acids is 1. The quantitative estimate of drug-likeness (QED) is 0.439. The highest BCUT2D eigenvalue weighted by Gasteiger charge is 2.43. The zero-order valence-corrected chi connectivity index (χ0v) is 19.5. The predicted octanol–water partition coefficient (Wildman–Crippen LogP) is 4.58. The van der Waals surface area contributed by atoms with Crippen molar-refractivity contribution in [2.45, 2.75) is 76.9 Å². The minimum atomic E-state index is -0.523. The van der Waals surface area contributed by atoms with Gasteiger partial charge in [-0.05, 0) is 69.3 Å². The van der Waals surface area contributed by atoms with E-state index in [1.807, 2.05) is 17.0 Å². The Bertz CT molecular complexity index is 839. The Labute approximate surface area is 193 Å². The fourth-order valence-corrected chi connectivity index (χ4v) is 5.95. The van der Waals surface area contributed by atoms with E-state index in [-0.39, 0.29) is 12.0 Å². The van der Waals surface area contributed by atoms with E-state index in [4.69, 9.17) is 0 Å². The van der Waals surface area contributed by atoms with Gasteiger partial charge in [0.15, 0.2) is 0 Å². The van der Waals surface area contributed by atoms with Crippen LogP contribution in [0.4, 0.5) is 0 Å². The SMILES string of the molecule is Cc1cccc(C[C@@H](O)C=C[C@@H]2[C@H]3CC(CCCCC(=O)N4CCCC4)=C[C@H]3C[C@H]2O)c1. The molecule has 0 bridgehead atoms. The fourth-order valence-electron chi connectivity index (χ4n) is 5.95. The summed E-state index contributed by atoms with van der Waals surface area (Å²) in [6.45, 7) is 3.96. The number of hydrogen-bond donors (Lipinski definition) is 2. The fraction of sp³-hybridized carbons (Fsp3) is 0.607. The molecule has 2 aliphatic carbocycles. The molecule has 1 aromatic carbocycles. The van der Waals surface area contributed by atoms with Crippen molar-refractivity contribution in [3.8, 4) is 0 Å². The van der Waals surface area contributed by atoms with Gasteiger partial charge in [-0.3, -0.25) is 4.79 Å². The van der Waals surface area contributed by atoms with Gasteiger partial charge in [0.25, 0.3) is 0 Å². The average molecular weight is 438 g/mol. The third-order valence-corrected chi connectivity index (χ3v) is 7.63. The summed E-state index contributed by atoms with van der Waals surface area (Å²) in [6.07, 6.45) is 14.1. The topological polar surface area (TPSA) is 60.8 Å². The molecule has 174 valence electrons. The second kappa shape index (κ2) is 10.8. The number of hydrogen-bond acceptors (Lipinski definition) is 3. The van der Waals surface area contributed by atoms with Gasteiger partial charge in [0, 0.05) is 31.8 Å². The van der Waals surface area contributed by atoms with Crippen LogP contribution in [0.1, 0.15) is 62.5 Å². The summed E-state index contributed by atoms with van der Waals surface area (Å²) < 4.78 is 0. The van der Waals surface area contributed by atoms with Crippen molar-refractivity contribution in [2.24, 2.45) is 17.8 Å². The van der Waals surface area contributed by atoms with E-state index in [2.05, 4.69) is 37.3 Å². The third-order valence-electron chi connectivity index (χ3n) is 7.63. The van der Waals surface area contributed by atoms with E-state index in [1.54, 1.807) is 0 Å². The normalized spacial score (nSPS) is 28.3. The van der Waals surface area contributed by atoms with Crippen molar-refractivity contribution in [1.82, 2.24) is 4.90 Å². The number of benzene rings is 1. The first-order chi connectivity index (χ1) is 15.5. The standard InChI is InChI=1S/C28H39NO3/c1-20-7-6-9-21(15-20)17-24(30)11-12-25-26-18-22(16-23(26)19-27(25)31)8-2-3-10-28(32)29-13-4-5-14-29/h6-7,9,11-12,15-16,23-27,30-31H,2-5,8,10,13-14,17-19H2,1H3/t23-,24-,25+,26-,27+/m0/s1. The lowest BCUT2D eigenvalue weighted by molar-refractivity contribution is -0.130. The van der Waals surface area contributed by atoms with Crippen LogP contribution in [0, 0.1) is 24.7 Å². The molecule has 0 spiro atoms. The lowest BCUT2D eigenvalue weighted by atomic mass is 9.88. The number of carbonyl (C=O) groups is 1. The second-order valence-electron chi connectivity index (χ2n) is 10.2. The van der Waals surface area contributed by atoms with Crippen molar-refractivity contribution in [1.29, 1.82) is 0 Å². The Kier molecular flexibility index (Phi) is 7.85. The second-order valence-corrected chi connectivity index (χ2v) is 10.2. The average Bonchev–Trinajstić information content (AvgIpc) is 3.47. The molecule has 2 N–H and O–H groups in total. The van der Waals surface area contributed by atoms with Gasteiger partial charge in [0.2, 0.25) is 5.91 Å². The zero-order valence-electron chi connectivity index (χ0n) is 19.5. The number of aliphatic hydroxyl groups excluding tert-OH is 2. The largest absolute Gasteiger partial charge is 0.392 e. The molecule has 1 amide bonds. The number of aliphatic hydroxyl groups is 2. The third kappa shape index (κ3) is 5.90. The Morgan fingerprint density at radius 3 is 2.84 bits per heavy atom. The maximum atomic E-state index is 12.2. The maximum Gasteiger partial charge on any atom is 0.222 e. The van der Waals surface area contributed by atoms with Gasteiger partial charge in [-0.1, -0.05) is 53.6 Å². The van der Waals surface area contributed by atoms with Crippen LogP contribution in [0.25, 0.3) is 0 Å². The molecule has 4 heteroatoms. The zero-order chi connectivity index (χ0) is 22.5. The summed E-state index contributed by atoms with van der Waals surface area (Å²) in [5.74, 6) is 1.36. The Morgan fingerprint density at radius 1 is 1.25 bits per heavy atom. The van der Waals surface area contributed by atoms with Gasteiger partial charge in [-0.15, -0.1) is 0 Å². The van der Waals surface area contributed by atoms with Crippen LogP contribution in [-0.2, 0) is 11.2 Å². The first-order valence-corrected chi connectivity index (χ1v) is 12.6. The van der Waals surface area contributed by atoms with Crippen molar-refractivity contribution < 1.29 is 15.0 Å². The molecule has 4 nitrogen and oxygen atoms in total. The summed E-state index contributed by atoms with van der Waals surface area (Å²) in [4.78, 5) is 14.2. The van der Waals surface area contributed by atoms with Crippen LogP contribution in [0.3, 0.4) is 0 Å². The minimum absolute atomic E-state index is 0.123. The Hall–Kier alpha value is -1.91. The first kappa shape index (κ1) is 23.3. The monoisotopic (exact) mass is 437 g/mol. The summed E-state index contributed by atoms with van der Waals surface area (Å²) >= 11 is 0. The van der Waals surface area contributed by atoms with Gasteiger partial charge in [0.05, 0.1) is 12.2 Å². The molecule has 5 atom stereocenters. The molecule has 1 saturated heterocycles. The molecule has 4 rings (SSSR count). The smallest absolute Gasteiger partial charge is 0.222 e. The molecular weight excluding hydrogens is 398 g/mol. The number of amides is 1. The Balaban J connectivity index is 1.22. The molecule has 0 aromatic heterocycles. The first-order valence-electron chi connectivity index (χ1n) is 12.6. The Morgan fingerprint density at radius 2 is 2.06 bits per heavy atom. The molecule has 3 aliphatic rings. The van der Waals surface area contributed by atoms with Crippen LogP contribution in [0.2, 0.25) is 0 Å². The molecule has 1 heterocycles. The van der Waals surface area contributed by atoms with Crippen LogP contribution < -0.4 is 0 Å². The molecule has 0 radical (unpaired) electrons. The van der Waals surface area contributed by atoms with E-state index >= 15 is 0 Å². The lowest BCUT2D eigenvalue weighted by Gasteiger charge is -2.19. The highest BCUT2D eigenvalue weighted by atomic mass is 16.3. The maximum absolute atomic E-state index is 12.2. The van der Waals surface area contributed by atoms with E-state index in [9.17, 15) is 15.0 Å². The molecule has 32 heavy (non-hydrogen) atoms. The van der Waals surface area contributed by atoms with Crippen molar-refractivity contribution in [3.63, 3.8) is 0 Å². The van der Waals surface area contributed by atoms with E-state index in [0.717, 1.165) is 63.6 Å². The van der Waals surface area contributed by atoms with E-state index in [0.29, 0.717) is 30.6 Å². The van der Waals surface area contributed by atoms with Crippen molar-refractivity contribution >= 4 is 5.91 Å². The van der Waals surface area contributed by atoms with Crippen LogP contribution in [0.15, 0.2) is 48.1 Å². The van der Waals surface area contributed by atoms with Crippen molar-refractivity contribution in [2.75, 3.05) is 13.1 Å².